The van der Waals surface area contributed by atoms with Gasteiger partial charge in [0, 0.05) is 6.07 Å². The predicted molar refractivity (Wildman–Crippen MR) is 55.5 cm³/mol. The van der Waals surface area contributed by atoms with Crippen LogP contribution in [0, 0.1) is 0 Å². The van der Waals surface area contributed by atoms with E-state index in [1.165, 1.54) is 31.4 Å². The van der Waals surface area contributed by atoms with Gasteiger partial charge < -0.3 is 15.2 Å². The van der Waals surface area contributed by atoms with Gasteiger partial charge >= 0.3 is 0 Å². The van der Waals surface area contributed by atoms with Gasteiger partial charge in [0.05, 0.1) is 12.8 Å². The molecular formula is C10H10N2O4. The second-order valence-corrected chi connectivity index (χ2v) is 2.79. The summed E-state index contributed by atoms with van der Waals surface area (Å²) < 4.78 is 10.1. The van der Waals surface area contributed by atoms with Crippen molar-refractivity contribution < 1.29 is 19.1 Å². The van der Waals surface area contributed by atoms with Gasteiger partial charge in [0.15, 0.2) is 18.1 Å². The standard InChI is InChI=1S/C10H10N2O4/c1-15-9-4-7(12-6-13)2-3-8(9)16-5-10(11)14/h2-4H,5H2,1H3,(H2,11,14). The lowest BCUT2D eigenvalue weighted by atomic mass is 10.3. The summed E-state index contributed by atoms with van der Waals surface area (Å²) in [5.74, 6) is 0.126. The van der Waals surface area contributed by atoms with Crippen molar-refractivity contribution in [1.29, 1.82) is 0 Å². The van der Waals surface area contributed by atoms with Crippen LogP contribution in [0.4, 0.5) is 5.69 Å². The van der Waals surface area contributed by atoms with E-state index >= 15 is 0 Å². The summed E-state index contributed by atoms with van der Waals surface area (Å²) in [6.45, 7) is -0.243. The Balaban J connectivity index is 2.92. The number of primary amides is 1. The van der Waals surface area contributed by atoms with E-state index in [0.717, 1.165) is 0 Å². The first-order valence-corrected chi connectivity index (χ1v) is 4.34. The summed E-state index contributed by atoms with van der Waals surface area (Å²) in [6, 6.07) is 4.54. The number of benzene rings is 1. The number of hydrogen-bond donors (Lipinski definition) is 1. The molecule has 0 saturated heterocycles. The van der Waals surface area contributed by atoms with Crippen molar-refractivity contribution in [1.82, 2.24) is 0 Å². The maximum atomic E-state index is 10.5. The maximum absolute atomic E-state index is 10.5. The average molecular weight is 222 g/mol. The SMILES string of the molecule is COc1cc(N=C=O)ccc1OCC(N)=O. The molecule has 1 amide bonds. The number of nitrogens with two attached hydrogens (primary N) is 1. The van der Waals surface area contributed by atoms with Crippen molar-refractivity contribution in [2.45, 2.75) is 0 Å². The Hall–Kier alpha value is -2.33. The predicted octanol–water partition coefficient (Wildman–Crippen LogP) is 0.527. The molecule has 6 heteroatoms. The maximum Gasteiger partial charge on any atom is 0.255 e. The highest BCUT2D eigenvalue weighted by atomic mass is 16.5. The molecule has 0 aliphatic carbocycles. The largest absolute Gasteiger partial charge is 0.493 e. The fourth-order valence-electron chi connectivity index (χ4n) is 1.05. The zero-order valence-corrected chi connectivity index (χ0v) is 8.60. The van der Waals surface area contributed by atoms with Crippen LogP contribution in [-0.2, 0) is 9.59 Å². The van der Waals surface area contributed by atoms with Gasteiger partial charge in [-0.15, -0.1) is 0 Å². The van der Waals surface area contributed by atoms with Gasteiger partial charge in [0.25, 0.3) is 5.91 Å². The van der Waals surface area contributed by atoms with Crippen LogP contribution in [0.25, 0.3) is 0 Å². The van der Waals surface area contributed by atoms with Gasteiger partial charge in [0.1, 0.15) is 0 Å². The van der Waals surface area contributed by atoms with E-state index in [1.807, 2.05) is 0 Å². The normalized spacial score (nSPS) is 9.06. The van der Waals surface area contributed by atoms with Crippen molar-refractivity contribution in [3.8, 4) is 11.5 Å². The molecule has 0 fully saturated rings. The zero-order valence-electron chi connectivity index (χ0n) is 8.60. The molecule has 0 unspecified atom stereocenters. The average Bonchev–Trinajstić information content (AvgIpc) is 2.27. The Kier molecular flexibility index (Phi) is 4.06. The molecule has 0 heterocycles. The summed E-state index contributed by atoms with van der Waals surface area (Å²) in [6.07, 6.45) is 1.41. The van der Waals surface area contributed by atoms with Crippen LogP contribution >= 0.6 is 0 Å². The van der Waals surface area contributed by atoms with Gasteiger partial charge in [-0.05, 0) is 12.1 Å². The summed E-state index contributed by atoms with van der Waals surface area (Å²) in [5, 5.41) is 0. The molecule has 16 heavy (non-hydrogen) atoms. The number of ether oxygens (including phenoxy) is 2. The third-order valence-electron chi connectivity index (χ3n) is 1.69. The second kappa shape index (κ2) is 5.53. The Bertz CT molecular complexity index is 438. The number of amides is 1. The van der Waals surface area contributed by atoms with Crippen molar-refractivity contribution in [3.05, 3.63) is 18.2 Å². The number of rotatable bonds is 5. The zero-order chi connectivity index (χ0) is 12.0. The first-order valence-electron chi connectivity index (χ1n) is 4.34. The lowest BCUT2D eigenvalue weighted by molar-refractivity contribution is -0.119. The van der Waals surface area contributed by atoms with Crippen molar-refractivity contribution in [2.24, 2.45) is 10.7 Å². The molecule has 0 saturated carbocycles. The summed E-state index contributed by atoms with van der Waals surface area (Å²) in [7, 11) is 1.43. The fourth-order valence-corrected chi connectivity index (χ4v) is 1.05. The molecule has 0 aromatic heterocycles. The summed E-state index contributed by atoms with van der Waals surface area (Å²) >= 11 is 0. The number of aliphatic imine (C=N–C) groups is 1. The van der Waals surface area contributed by atoms with Crippen LogP contribution in [0.3, 0.4) is 0 Å². The smallest absolute Gasteiger partial charge is 0.255 e. The number of isocyanates is 1. The molecule has 84 valence electrons. The lowest BCUT2D eigenvalue weighted by Crippen LogP contribution is -2.20. The van der Waals surface area contributed by atoms with Crippen molar-refractivity contribution >= 4 is 17.7 Å². The van der Waals surface area contributed by atoms with Gasteiger partial charge in [-0.1, -0.05) is 0 Å². The van der Waals surface area contributed by atoms with Crippen LogP contribution in [0.2, 0.25) is 0 Å². The van der Waals surface area contributed by atoms with Crippen LogP contribution in [0.5, 0.6) is 11.5 Å². The monoisotopic (exact) mass is 222 g/mol. The summed E-state index contributed by atoms with van der Waals surface area (Å²) in [5.41, 5.74) is 5.32. The van der Waals surface area contributed by atoms with Gasteiger partial charge in [-0.25, -0.2) is 4.79 Å². The summed E-state index contributed by atoms with van der Waals surface area (Å²) in [4.78, 5) is 24.0. The van der Waals surface area contributed by atoms with E-state index in [2.05, 4.69) is 4.99 Å². The molecule has 1 aromatic rings. The number of nitrogens with zero attached hydrogens (tertiary/aromatic N) is 1. The third-order valence-corrected chi connectivity index (χ3v) is 1.69. The molecule has 0 radical (unpaired) electrons. The van der Waals surface area contributed by atoms with Crippen molar-refractivity contribution in [2.75, 3.05) is 13.7 Å². The van der Waals surface area contributed by atoms with Crippen molar-refractivity contribution in [3.63, 3.8) is 0 Å². The Morgan fingerprint density at radius 3 is 2.81 bits per heavy atom. The van der Waals surface area contributed by atoms with Crippen LogP contribution < -0.4 is 15.2 Å². The highest BCUT2D eigenvalue weighted by Gasteiger charge is 2.06. The number of methoxy groups -OCH3 is 1. The molecule has 2 N–H and O–H groups in total. The molecule has 6 nitrogen and oxygen atoms in total. The first-order chi connectivity index (χ1) is 7.67. The third kappa shape index (κ3) is 3.11. The molecule has 0 aliphatic heterocycles. The van der Waals surface area contributed by atoms with Gasteiger partial charge in [-0.3, -0.25) is 4.79 Å². The van der Waals surface area contributed by atoms with E-state index in [1.54, 1.807) is 0 Å². The van der Waals surface area contributed by atoms with Crippen LogP contribution in [-0.4, -0.2) is 25.7 Å². The minimum absolute atomic E-state index is 0.243. The van der Waals surface area contributed by atoms with Crippen LogP contribution in [0.15, 0.2) is 23.2 Å². The molecule has 0 bridgehead atoms. The minimum atomic E-state index is -0.586. The molecule has 1 rings (SSSR count). The first kappa shape index (κ1) is 11.7. The number of carbonyl (C=O) groups is 1. The highest BCUT2D eigenvalue weighted by Crippen LogP contribution is 2.31. The van der Waals surface area contributed by atoms with E-state index in [4.69, 9.17) is 15.2 Å². The Labute approximate surface area is 91.7 Å². The minimum Gasteiger partial charge on any atom is -0.493 e. The molecule has 0 atom stereocenters. The molecule has 1 aromatic carbocycles. The van der Waals surface area contributed by atoms with Gasteiger partial charge in [0.2, 0.25) is 6.08 Å². The molecular weight excluding hydrogens is 212 g/mol. The number of hydrogen-bond acceptors (Lipinski definition) is 5. The van der Waals surface area contributed by atoms with E-state index in [-0.39, 0.29) is 6.61 Å². The highest BCUT2D eigenvalue weighted by molar-refractivity contribution is 5.75. The lowest BCUT2D eigenvalue weighted by Gasteiger charge is -2.09. The molecule has 0 spiro atoms. The Morgan fingerprint density at radius 2 is 2.25 bits per heavy atom. The van der Waals surface area contributed by atoms with E-state index in [9.17, 15) is 9.59 Å². The second-order valence-electron chi connectivity index (χ2n) is 2.79. The molecule has 0 aliphatic rings. The van der Waals surface area contributed by atoms with E-state index < -0.39 is 5.91 Å². The Morgan fingerprint density at radius 1 is 1.50 bits per heavy atom. The quantitative estimate of drug-likeness (QED) is 0.581. The van der Waals surface area contributed by atoms with Crippen LogP contribution in [0.1, 0.15) is 0 Å². The topological polar surface area (TPSA) is 91.0 Å². The fraction of sp³-hybridized carbons (Fsp3) is 0.200. The van der Waals surface area contributed by atoms with E-state index in [0.29, 0.717) is 17.2 Å². The van der Waals surface area contributed by atoms with Gasteiger partial charge in [-0.2, -0.15) is 4.99 Å². The number of carbonyl (C=O) groups excluding carboxylic acids is 2.